The molecule has 0 spiro atoms. The smallest absolute Gasteiger partial charge is 0.223 e. The summed E-state index contributed by atoms with van der Waals surface area (Å²) in [7, 11) is 2.15. The van der Waals surface area contributed by atoms with E-state index in [1.807, 2.05) is 16.9 Å². The fourth-order valence-electron chi connectivity index (χ4n) is 4.76. The van der Waals surface area contributed by atoms with E-state index in [0.29, 0.717) is 18.5 Å². The first-order valence-corrected chi connectivity index (χ1v) is 11.7. The lowest BCUT2D eigenvalue weighted by molar-refractivity contribution is 0.312. The fraction of sp³-hybridized carbons (Fsp3) is 0.458. The summed E-state index contributed by atoms with van der Waals surface area (Å²) >= 11 is 0. The van der Waals surface area contributed by atoms with E-state index in [9.17, 15) is 0 Å². The quantitative estimate of drug-likeness (QED) is 0.607. The van der Waals surface area contributed by atoms with Gasteiger partial charge in [-0.2, -0.15) is 15.1 Å². The Balaban J connectivity index is 1.41. The summed E-state index contributed by atoms with van der Waals surface area (Å²) in [5.74, 6) is 2.15. The third kappa shape index (κ3) is 4.51. The Kier molecular flexibility index (Phi) is 5.90. The Labute approximate surface area is 195 Å². The lowest BCUT2D eigenvalue weighted by Crippen LogP contribution is -2.45. The molecule has 2 aliphatic heterocycles. The van der Waals surface area contributed by atoms with Crippen molar-refractivity contribution in [1.82, 2.24) is 24.6 Å². The number of nitrogens with zero attached hydrogens (tertiary/aromatic N) is 7. The topological polar surface area (TPSA) is 105 Å². The Morgan fingerprint density at radius 2 is 1.79 bits per heavy atom. The summed E-state index contributed by atoms with van der Waals surface area (Å²) in [5.41, 5.74) is 16.6. The Morgan fingerprint density at radius 3 is 2.58 bits per heavy atom. The minimum absolute atomic E-state index is 0.321. The van der Waals surface area contributed by atoms with E-state index in [0.717, 1.165) is 68.6 Å². The number of likely N-dealkylation sites (N-methyl/N-ethyl adjacent to an activating group) is 1. The number of rotatable bonds is 5. The molecule has 1 saturated heterocycles. The highest BCUT2D eigenvalue weighted by Gasteiger charge is 2.26. The summed E-state index contributed by atoms with van der Waals surface area (Å²) in [6.45, 7) is 8.28. The summed E-state index contributed by atoms with van der Waals surface area (Å²) in [5, 5.41) is 4.67. The number of hydrogen-bond donors (Lipinski definition) is 2. The number of hydrogen-bond acceptors (Lipinski definition) is 8. The fourth-order valence-corrected chi connectivity index (χ4v) is 4.76. The van der Waals surface area contributed by atoms with Gasteiger partial charge < -0.3 is 26.2 Å². The van der Waals surface area contributed by atoms with Crippen LogP contribution in [0, 0.1) is 0 Å². The van der Waals surface area contributed by atoms with Crippen molar-refractivity contribution in [2.45, 2.75) is 32.5 Å². The van der Waals surface area contributed by atoms with Crippen molar-refractivity contribution in [3.8, 4) is 11.3 Å². The van der Waals surface area contributed by atoms with Crippen LogP contribution in [0.4, 0.5) is 17.6 Å². The lowest BCUT2D eigenvalue weighted by Gasteiger charge is -2.37. The van der Waals surface area contributed by atoms with Crippen LogP contribution >= 0.6 is 0 Å². The highest BCUT2D eigenvalue weighted by atomic mass is 15.3. The van der Waals surface area contributed by atoms with E-state index in [4.69, 9.17) is 11.5 Å². The van der Waals surface area contributed by atoms with E-state index in [1.54, 1.807) is 0 Å². The normalized spacial score (nSPS) is 19.1. The van der Waals surface area contributed by atoms with Crippen molar-refractivity contribution in [2.24, 2.45) is 5.73 Å². The molecule has 33 heavy (non-hydrogen) atoms. The van der Waals surface area contributed by atoms with Crippen molar-refractivity contribution >= 4 is 17.6 Å². The summed E-state index contributed by atoms with van der Waals surface area (Å²) in [6, 6.07) is 11.1. The van der Waals surface area contributed by atoms with Gasteiger partial charge in [-0.25, -0.2) is 0 Å². The minimum atomic E-state index is 0.321. The van der Waals surface area contributed by atoms with Crippen LogP contribution in [0.2, 0.25) is 0 Å². The average molecular weight is 448 g/mol. The molecule has 0 radical (unpaired) electrons. The van der Waals surface area contributed by atoms with Gasteiger partial charge in [-0.15, -0.1) is 0 Å². The summed E-state index contributed by atoms with van der Waals surface area (Å²) in [4.78, 5) is 16.2. The average Bonchev–Trinajstić information content (AvgIpc) is 3.27. The van der Waals surface area contributed by atoms with Crippen molar-refractivity contribution in [3.63, 3.8) is 0 Å². The number of benzene rings is 1. The van der Waals surface area contributed by atoms with Crippen LogP contribution in [0.15, 0.2) is 36.5 Å². The minimum Gasteiger partial charge on any atom is -0.368 e. The van der Waals surface area contributed by atoms with Crippen LogP contribution in [0.1, 0.15) is 18.1 Å². The van der Waals surface area contributed by atoms with E-state index >= 15 is 0 Å². The van der Waals surface area contributed by atoms with E-state index in [1.165, 1.54) is 11.1 Å². The molecule has 9 heteroatoms. The number of nitrogen functional groups attached to an aromatic ring is 1. The highest BCUT2D eigenvalue weighted by Crippen LogP contribution is 2.32. The van der Waals surface area contributed by atoms with Gasteiger partial charge in [0.25, 0.3) is 0 Å². The molecule has 4 heterocycles. The Hall–Kier alpha value is -3.17. The number of fused-ring (bicyclic) bond motifs is 1. The van der Waals surface area contributed by atoms with Crippen molar-refractivity contribution in [3.05, 3.63) is 47.7 Å². The van der Waals surface area contributed by atoms with Gasteiger partial charge >= 0.3 is 0 Å². The molecule has 0 aliphatic carbocycles. The SMILES string of the molecule is CC1Cc2ccc(-c3ccn(CCN)n3)cc2CN1c1cc(N2CCN(C)CC2)nc(N)n1. The van der Waals surface area contributed by atoms with Crippen molar-refractivity contribution in [1.29, 1.82) is 0 Å². The number of anilines is 3. The number of nitrogens with two attached hydrogens (primary N) is 2. The molecule has 4 N–H and O–H groups in total. The number of piperazine rings is 1. The molecule has 174 valence electrons. The second-order valence-electron chi connectivity index (χ2n) is 9.15. The van der Waals surface area contributed by atoms with E-state index < -0.39 is 0 Å². The zero-order valence-electron chi connectivity index (χ0n) is 19.5. The molecule has 2 aromatic heterocycles. The zero-order valence-corrected chi connectivity index (χ0v) is 19.5. The van der Waals surface area contributed by atoms with Crippen LogP contribution in [0.25, 0.3) is 11.3 Å². The van der Waals surface area contributed by atoms with Gasteiger partial charge in [-0.05, 0) is 43.7 Å². The maximum absolute atomic E-state index is 6.16. The molecule has 5 rings (SSSR count). The molecule has 1 aromatic carbocycles. The molecule has 0 amide bonds. The first-order valence-electron chi connectivity index (χ1n) is 11.7. The van der Waals surface area contributed by atoms with Gasteiger partial charge in [0.2, 0.25) is 5.95 Å². The van der Waals surface area contributed by atoms with Gasteiger partial charge in [-0.3, -0.25) is 4.68 Å². The first kappa shape index (κ1) is 21.7. The van der Waals surface area contributed by atoms with Gasteiger partial charge in [0, 0.05) is 63.1 Å². The largest absolute Gasteiger partial charge is 0.368 e. The molecule has 1 fully saturated rings. The second-order valence-corrected chi connectivity index (χ2v) is 9.15. The third-order valence-corrected chi connectivity index (χ3v) is 6.73. The van der Waals surface area contributed by atoms with E-state index in [-0.39, 0.29) is 0 Å². The summed E-state index contributed by atoms with van der Waals surface area (Å²) < 4.78 is 1.90. The van der Waals surface area contributed by atoms with Gasteiger partial charge in [-0.1, -0.05) is 12.1 Å². The van der Waals surface area contributed by atoms with Crippen LogP contribution in [-0.4, -0.2) is 70.5 Å². The highest BCUT2D eigenvalue weighted by molar-refractivity contribution is 5.63. The van der Waals surface area contributed by atoms with Crippen LogP contribution < -0.4 is 21.3 Å². The van der Waals surface area contributed by atoms with Gasteiger partial charge in [0.1, 0.15) is 11.6 Å². The summed E-state index contributed by atoms with van der Waals surface area (Å²) in [6.07, 6.45) is 2.95. The third-order valence-electron chi connectivity index (χ3n) is 6.73. The predicted molar refractivity (Wildman–Crippen MR) is 132 cm³/mol. The predicted octanol–water partition coefficient (Wildman–Crippen LogP) is 1.58. The standard InChI is InChI=1S/C24H33N9/c1-17-13-18-3-4-19(21-5-7-32(29-21)8-6-25)14-20(18)16-33(17)23-15-22(27-24(26)28-23)31-11-9-30(2)10-12-31/h3-5,7,14-15,17H,6,8-13,16,25H2,1-2H3,(H2,26,27,28). The molecule has 3 aromatic rings. The molecular weight excluding hydrogens is 414 g/mol. The second kappa shape index (κ2) is 8.99. The molecular formula is C24H33N9. The van der Waals surface area contributed by atoms with Gasteiger partial charge in [0.05, 0.1) is 12.2 Å². The van der Waals surface area contributed by atoms with Crippen LogP contribution in [0.5, 0.6) is 0 Å². The molecule has 9 nitrogen and oxygen atoms in total. The maximum Gasteiger partial charge on any atom is 0.223 e. The molecule has 1 unspecified atom stereocenters. The van der Waals surface area contributed by atoms with Crippen molar-refractivity contribution < 1.29 is 0 Å². The van der Waals surface area contributed by atoms with Crippen LogP contribution in [0.3, 0.4) is 0 Å². The molecule has 0 saturated carbocycles. The van der Waals surface area contributed by atoms with Gasteiger partial charge in [0.15, 0.2) is 0 Å². The lowest BCUT2D eigenvalue weighted by atomic mass is 9.92. The molecule has 2 aliphatic rings. The molecule has 1 atom stereocenters. The van der Waals surface area contributed by atoms with Crippen LogP contribution in [-0.2, 0) is 19.5 Å². The Bertz CT molecular complexity index is 1120. The maximum atomic E-state index is 6.16. The number of aromatic nitrogens is 4. The van der Waals surface area contributed by atoms with E-state index in [2.05, 4.69) is 68.0 Å². The zero-order chi connectivity index (χ0) is 22.9. The first-order chi connectivity index (χ1) is 16.0. The monoisotopic (exact) mass is 447 g/mol. The van der Waals surface area contributed by atoms with Crippen molar-refractivity contribution in [2.75, 3.05) is 55.3 Å². The molecule has 0 bridgehead atoms. The Morgan fingerprint density at radius 1 is 1.00 bits per heavy atom.